The highest BCUT2D eigenvalue weighted by Crippen LogP contribution is 2.39. The molecule has 3 rings (SSSR count). The van der Waals surface area contributed by atoms with E-state index in [9.17, 15) is 4.79 Å². The van der Waals surface area contributed by atoms with Gasteiger partial charge in [-0.2, -0.15) is 4.98 Å². The maximum absolute atomic E-state index is 12.7. The number of halogens is 1. The molecule has 1 heterocycles. The zero-order valence-corrected chi connectivity index (χ0v) is 18.4. The van der Waals surface area contributed by atoms with Gasteiger partial charge >= 0.3 is 0 Å². The molecule has 0 fully saturated rings. The Labute approximate surface area is 185 Å². The Hall–Kier alpha value is -3.26. The minimum Gasteiger partial charge on any atom is -0.490 e. The van der Waals surface area contributed by atoms with Crippen molar-refractivity contribution in [2.75, 3.05) is 19.8 Å². The monoisotopic (exact) mass is 445 g/mol. The summed E-state index contributed by atoms with van der Waals surface area (Å²) in [5, 5.41) is 7.33. The maximum Gasteiger partial charge on any atom is 0.251 e. The number of ether oxygens (including phenoxy) is 3. The number of amides is 1. The zero-order chi connectivity index (χ0) is 22.2. The first-order valence-electron chi connectivity index (χ1n) is 9.98. The fourth-order valence-electron chi connectivity index (χ4n) is 2.82. The third-order valence-electron chi connectivity index (χ3n) is 4.14. The van der Waals surface area contributed by atoms with Crippen LogP contribution in [-0.4, -0.2) is 35.9 Å². The second-order valence-corrected chi connectivity index (χ2v) is 6.74. The first-order chi connectivity index (χ1) is 15.0. The van der Waals surface area contributed by atoms with E-state index in [1.54, 1.807) is 36.4 Å². The molecule has 9 heteroatoms. The topological polar surface area (TPSA) is 95.7 Å². The van der Waals surface area contributed by atoms with Crippen LogP contribution >= 0.6 is 11.6 Å². The molecule has 0 saturated carbocycles. The van der Waals surface area contributed by atoms with Crippen LogP contribution in [0.5, 0.6) is 17.2 Å². The molecule has 1 aromatic heterocycles. The van der Waals surface area contributed by atoms with E-state index in [2.05, 4.69) is 15.5 Å². The molecule has 0 atom stereocenters. The number of aromatic nitrogens is 2. The van der Waals surface area contributed by atoms with E-state index in [0.29, 0.717) is 53.5 Å². The normalized spacial score (nSPS) is 10.6. The molecule has 0 aliphatic heterocycles. The quantitative estimate of drug-likeness (QED) is 0.490. The molecule has 3 aromatic rings. The predicted molar refractivity (Wildman–Crippen MR) is 116 cm³/mol. The van der Waals surface area contributed by atoms with Gasteiger partial charge < -0.3 is 24.1 Å². The second kappa shape index (κ2) is 10.7. The van der Waals surface area contributed by atoms with Crippen LogP contribution in [0.1, 0.15) is 37.0 Å². The van der Waals surface area contributed by atoms with Crippen molar-refractivity contribution in [2.45, 2.75) is 27.3 Å². The van der Waals surface area contributed by atoms with Crippen molar-refractivity contribution in [3.8, 4) is 28.6 Å². The van der Waals surface area contributed by atoms with E-state index >= 15 is 0 Å². The van der Waals surface area contributed by atoms with Gasteiger partial charge in [0.2, 0.25) is 17.5 Å². The highest BCUT2D eigenvalue weighted by molar-refractivity contribution is 6.30. The summed E-state index contributed by atoms with van der Waals surface area (Å²) in [5.74, 6) is 1.73. The van der Waals surface area contributed by atoms with Gasteiger partial charge in [-0.25, -0.2) is 0 Å². The Morgan fingerprint density at radius 1 is 1.00 bits per heavy atom. The van der Waals surface area contributed by atoms with Crippen LogP contribution in [0.3, 0.4) is 0 Å². The van der Waals surface area contributed by atoms with Gasteiger partial charge in [0.25, 0.3) is 5.91 Å². The highest BCUT2D eigenvalue weighted by Gasteiger charge is 2.19. The predicted octanol–water partition coefficient (Wildman–Crippen LogP) is 4.52. The molecule has 8 nitrogen and oxygen atoms in total. The van der Waals surface area contributed by atoms with Gasteiger partial charge in [-0.1, -0.05) is 16.8 Å². The third kappa shape index (κ3) is 5.67. The van der Waals surface area contributed by atoms with E-state index in [4.69, 9.17) is 30.3 Å². The van der Waals surface area contributed by atoms with Crippen LogP contribution in [0.15, 0.2) is 40.9 Å². The molecular formula is C22H24ClN3O5. The van der Waals surface area contributed by atoms with E-state index in [-0.39, 0.29) is 18.3 Å². The van der Waals surface area contributed by atoms with Crippen molar-refractivity contribution >= 4 is 17.5 Å². The lowest BCUT2D eigenvalue weighted by Crippen LogP contribution is -2.23. The van der Waals surface area contributed by atoms with E-state index in [0.717, 1.165) is 5.56 Å². The van der Waals surface area contributed by atoms with Crippen LogP contribution < -0.4 is 19.5 Å². The Balaban J connectivity index is 1.74. The van der Waals surface area contributed by atoms with Gasteiger partial charge in [-0.05, 0) is 57.2 Å². The molecule has 1 amide bonds. The molecule has 2 aromatic carbocycles. The van der Waals surface area contributed by atoms with Crippen molar-refractivity contribution < 1.29 is 23.5 Å². The second-order valence-electron chi connectivity index (χ2n) is 6.30. The Kier molecular flexibility index (Phi) is 7.72. The summed E-state index contributed by atoms with van der Waals surface area (Å²) in [7, 11) is 0. The lowest BCUT2D eigenvalue weighted by Gasteiger charge is -2.17. The molecular weight excluding hydrogens is 422 g/mol. The van der Waals surface area contributed by atoms with Crippen LogP contribution in [0.4, 0.5) is 0 Å². The van der Waals surface area contributed by atoms with Gasteiger partial charge in [-0.3, -0.25) is 4.79 Å². The fraction of sp³-hybridized carbons (Fsp3) is 0.318. The van der Waals surface area contributed by atoms with E-state index in [1.165, 1.54) is 0 Å². The molecule has 164 valence electrons. The molecule has 0 aliphatic rings. The van der Waals surface area contributed by atoms with Crippen molar-refractivity contribution in [2.24, 2.45) is 0 Å². The average Bonchev–Trinajstić information content (AvgIpc) is 3.24. The summed E-state index contributed by atoms with van der Waals surface area (Å²) in [6, 6.07) is 10.3. The fourth-order valence-corrected chi connectivity index (χ4v) is 2.95. The van der Waals surface area contributed by atoms with Gasteiger partial charge in [0.15, 0.2) is 11.5 Å². The van der Waals surface area contributed by atoms with Gasteiger partial charge in [0.05, 0.1) is 26.4 Å². The van der Waals surface area contributed by atoms with Gasteiger partial charge in [-0.15, -0.1) is 0 Å². The number of hydrogen-bond donors (Lipinski definition) is 1. The smallest absolute Gasteiger partial charge is 0.251 e. The third-order valence-corrected chi connectivity index (χ3v) is 4.39. The first-order valence-corrected chi connectivity index (χ1v) is 10.4. The summed E-state index contributed by atoms with van der Waals surface area (Å²) in [6.07, 6.45) is 0. The van der Waals surface area contributed by atoms with Gasteiger partial charge in [0.1, 0.15) is 0 Å². The maximum atomic E-state index is 12.7. The zero-order valence-electron chi connectivity index (χ0n) is 17.6. The SMILES string of the molecule is CCOc1cc(C(=O)NCc2nc(-c3ccc(Cl)cc3)no2)cc(OCC)c1OCC. The number of carbonyl (C=O) groups is 1. The minimum absolute atomic E-state index is 0.0700. The number of nitrogens with one attached hydrogen (secondary N) is 1. The standard InChI is InChI=1S/C22H24ClN3O5/c1-4-28-17-11-15(12-18(29-5-2)20(17)30-6-3)22(27)24-13-19-25-21(26-31-19)14-7-9-16(23)10-8-14/h7-12H,4-6,13H2,1-3H3,(H,24,27). The highest BCUT2D eigenvalue weighted by atomic mass is 35.5. The van der Waals surface area contributed by atoms with Gasteiger partial charge in [0, 0.05) is 16.1 Å². The van der Waals surface area contributed by atoms with Crippen LogP contribution in [0.25, 0.3) is 11.4 Å². The number of benzene rings is 2. The molecule has 0 spiro atoms. The summed E-state index contributed by atoms with van der Waals surface area (Å²) >= 11 is 5.90. The molecule has 31 heavy (non-hydrogen) atoms. The number of carbonyl (C=O) groups excluding carboxylic acids is 1. The molecule has 1 N–H and O–H groups in total. The first kappa shape index (κ1) is 22.4. The van der Waals surface area contributed by atoms with Crippen LogP contribution in [-0.2, 0) is 6.54 Å². The van der Waals surface area contributed by atoms with E-state index < -0.39 is 0 Å². The van der Waals surface area contributed by atoms with Crippen LogP contribution in [0, 0.1) is 0 Å². The lowest BCUT2D eigenvalue weighted by molar-refractivity contribution is 0.0945. The Morgan fingerprint density at radius 3 is 2.19 bits per heavy atom. The Morgan fingerprint density at radius 2 is 1.61 bits per heavy atom. The summed E-state index contributed by atoms with van der Waals surface area (Å²) < 4.78 is 22.2. The minimum atomic E-state index is -0.337. The number of rotatable bonds is 10. The molecule has 0 saturated heterocycles. The van der Waals surface area contributed by atoms with Crippen molar-refractivity contribution in [1.82, 2.24) is 15.5 Å². The molecule has 0 radical (unpaired) electrons. The van der Waals surface area contributed by atoms with Crippen molar-refractivity contribution in [3.63, 3.8) is 0 Å². The number of nitrogens with zero attached hydrogens (tertiary/aromatic N) is 2. The summed E-state index contributed by atoms with van der Waals surface area (Å²) in [5.41, 5.74) is 1.13. The summed E-state index contributed by atoms with van der Waals surface area (Å²) in [4.78, 5) is 17.1. The number of hydrogen-bond acceptors (Lipinski definition) is 7. The molecule has 0 unspecified atom stereocenters. The lowest BCUT2D eigenvalue weighted by atomic mass is 10.1. The van der Waals surface area contributed by atoms with E-state index in [1.807, 2.05) is 20.8 Å². The van der Waals surface area contributed by atoms with Crippen molar-refractivity contribution in [1.29, 1.82) is 0 Å². The molecule has 0 bridgehead atoms. The van der Waals surface area contributed by atoms with Crippen molar-refractivity contribution in [3.05, 3.63) is 52.9 Å². The average molecular weight is 446 g/mol. The molecule has 0 aliphatic carbocycles. The Bertz CT molecular complexity index is 993. The largest absolute Gasteiger partial charge is 0.490 e. The summed E-state index contributed by atoms with van der Waals surface area (Å²) in [6.45, 7) is 6.94. The van der Waals surface area contributed by atoms with Crippen LogP contribution in [0.2, 0.25) is 5.02 Å².